The number of nitrogens with zero attached hydrogens (tertiary/aromatic N) is 6. The largest absolute Gasteiger partial charge is 0.484 e. The van der Waals surface area contributed by atoms with Crippen molar-refractivity contribution in [2.24, 2.45) is 13.0 Å². The maximum absolute atomic E-state index is 9.16. The minimum absolute atomic E-state index is 0.140. The molecular weight excluding hydrogens is 364 g/mol. The van der Waals surface area contributed by atoms with E-state index in [0.717, 1.165) is 46.4 Å². The third-order valence-electron chi connectivity index (χ3n) is 5.53. The normalized spacial score (nSPS) is 18.4. The van der Waals surface area contributed by atoms with Gasteiger partial charge >= 0.3 is 0 Å². The van der Waals surface area contributed by atoms with E-state index >= 15 is 0 Å². The topological polar surface area (TPSA) is 81.6 Å². The lowest BCUT2D eigenvalue weighted by Crippen LogP contribution is -2.24. The van der Waals surface area contributed by atoms with E-state index in [9.17, 15) is 0 Å². The molecule has 144 valence electrons. The summed E-state index contributed by atoms with van der Waals surface area (Å²) in [6, 6.07) is 10.1. The van der Waals surface area contributed by atoms with Gasteiger partial charge in [0, 0.05) is 24.7 Å². The number of aryl methyl sites for hydroxylation is 2. The summed E-state index contributed by atoms with van der Waals surface area (Å²) in [7, 11) is 1.89. The minimum Gasteiger partial charge on any atom is -0.484 e. The molecule has 1 aromatic carbocycles. The number of hydrogen-bond acceptors (Lipinski definition) is 5. The van der Waals surface area contributed by atoms with Crippen molar-refractivity contribution in [2.45, 2.75) is 25.9 Å². The first-order chi connectivity index (χ1) is 14.1. The van der Waals surface area contributed by atoms with Gasteiger partial charge in [-0.25, -0.2) is 4.68 Å². The summed E-state index contributed by atoms with van der Waals surface area (Å²) in [5, 5.41) is 18.9. The highest BCUT2D eigenvalue weighted by atomic mass is 16.5. The van der Waals surface area contributed by atoms with E-state index in [-0.39, 0.29) is 6.10 Å². The Morgan fingerprint density at radius 1 is 1.17 bits per heavy atom. The molecule has 0 N–H and O–H groups in total. The maximum Gasteiger partial charge on any atom is 0.143 e. The molecule has 0 aliphatic heterocycles. The molecule has 0 radical (unpaired) electrons. The number of aromatic nitrogens is 5. The molecule has 0 amide bonds. The number of hydrogen-bond donors (Lipinski definition) is 0. The van der Waals surface area contributed by atoms with Crippen LogP contribution in [0, 0.1) is 17.2 Å². The molecule has 7 nitrogen and oxygen atoms in total. The molecule has 0 unspecified atom stereocenters. The van der Waals surface area contributed by atoms with E-state index in [0.29, 0.717) is 11.5 Å². The number of ether oxygens (including phenoxy) is 1. The van der Waals surface area contributed by atoms with Gasteiger partial charge < -0.3 is 4.74 Å². The Morgan fingerprint density at radius 2 is 2.07 bits per heavy atom. The Kier molecular flexibility index (Phi) is 4.06. The van der Waals surface area contributed by atoms with Crippen molar-refractivity contribution in [3.8, 4) is 17.5 Å². The van der Waals surface area contributed by atoms with Crippen LogP contribution in [0.1, 0.15) is 36.3 Å². The zero-order valence-electron chi connectivity index (χ0n) is 16.3. The predicted octanol–water partition coefficient (Wildman–Crippen LogP) is 3.73. The summed E-state index contributed by atoms with van der Waals surface area (Å²) in [4.78, 5) is 4.56. The summed E-state index contributed by atoms with van der Waals surface area (Å²) in [5.41, 5.74) is 4.50. The Balaban J connectivity index is 1.52. The quantitative estimate of drug-likeness (QED) is 0.538. The molecule has 1 aliphatic rings. The molecule has 0 bridgehead atoms. The first-order valence-electron chi connectivity index (χ1n) is 9.65. The van der Waals surface area contributed by atoms with E-state index in [1.165, 1.54) is 0 Å². The van der Waals surface area contributed by atoms with Crippen molar-refractivity contribution in [2.75, 3.05) is 0 Å². The fourth-order valence-corrected chi connectivity index (χ4v) is 3.96. The number of fused-ring (bicyclic) bond motifs is 2. The van der Waals surface area contributed by atoms with Gasteiger partial charge in [-0.2, -0.15) is 15.5 Å². The summed E-state index contributed by atoms with van der Waals surface area (Å²) < 4.78 is 10.1. The Labute approximate surface area is 168 Å². The molecule has 5 rings (SSSR count). The zero-order valence-corrected chi connectivity index (χ0v) is 16.3. The van der Waals surface area contributed by atoms with Gasteiger partial charge in [-0.3, -0.25) is 9.67 Å². The average molecular weight is 384 g/mol. The van der Waals surface area contributed by atoms with Gasteiger partial charge in [0.15, 0.2) is 0 Å². The van der Waals surface area contributed by atoms with Crippen LogP contribution in [-0.2, 0) is 13.5 Å². The van der Waals surface area contributed by atoms with Gasteiger partial charge in [-0.1, -0.05) is 6.92 Å². The first-order valence-corrected chi connectivity index (χ1v) is 9.65. The van der Waals surface area contributed by atoms with Crippen molar-refractivity contribution in [3.63, 3.8) is 0 Å². The molecule has 2 atom stereocenters. The molecule has 29 heavy (non-hydrogen) atoms. The highest BCUT2D eigenvalue weighted by Crippen LogP contribution is 2.37. The highest BCUT2D eigenvalue weighted by Gasteiger charge is 2.30. The smallest absolute Gasteiger partial charge is 0.143 e. The number of pyridine rings is 1. The van der Waals surface area contributed by atoms with Gasteiger partial charge in [-0.15, -0.1) is 0 Å². The third-order valence-corrected chi connectivity index (χ3v) is 5.53. The second kappa shape index (κ2) is 6.74. The standard InChI is InChI=1S/C22H20N6O/c1-14-3-4-16-7-15(9-23)10-24-21(16)22(14)29-19-6-5-17-11-26-28(20(17)8-19)18-12-25-27(2)13-18/h5-8,10-14,22H,3-4H2,1-2H3/t14-,22+/m1/s1. The van der Waals surface area contributed by atoms with Crippen LogP contribution in [0.25, 0.3) is 16.6 Å². The van der Waals surface area contributed by atoms with Crippen LogP contribution < -0.4 is 4.74 Å². The van der Waals surface area contributed by atoms with Gasteiger partial charge in [0.1, 0.15) is 23.6 Å². The van der Waals surface area contributed by atoms with E-state index < -0.39 is 0 Å². The second-order valence-electron chi connectivity index (χ2n) is 7.58. The van der Waals surface area contributed by atoms with E-state index in [1.54, 1.807) is 17.1 Å². The molecule has 3 aromatic heterocycles. The summed E-state index contributed by atoms with van der Waals surface area (Å²) in [6.45, 7) is 2.19. The van der Waals surface area contributed by atoms with Gasteiger partial charge in [0.2, 0.25) is 0 Å². The van der Waals surface area contributed by atoms with E-state index in [4.69, 9.17) is 10.00 Å². The van der Waals surface area contributed by atoms with Crippen molar-refractivity contribution in [1.29, 1.82) is 5.26 Å². The average Bonchev–Trinajstić information content (AvgIpc) is 3.35. The van der Waals surface area contributed by atoms with Crippen molar-refractivity contribution >= 4 is 10.9 Å². The minimum atomic E-state index is -0.140. The number of rotatable bonds is 3. The van der Waals surface area contributed by atoms with Crippen LogP contribution >= 0.6 is 0 Å². The third kappa shape index (κ3) is 3.03. The van der Waals surface area contributed by atoms with Gasteiger partial charge in [-0.05, 0) is 42.5 Å². The summed E-state index contributed by atoms with van der Waals surface area (Å²) in [5.74, 6) is 1.11. The van der Waals surface area contributed by atoms with E-state index in [1.807, 2.05) is 48.4 Å². The van der Waals surface area contributed by atoms with Crippen LogP contribution in [0.3, 0.4) is 0 Å². The van der Waals surface area contributed by atoms with Crippen molar-refractivity contribution in [1.82, 2.24) is 24.5 Å². The Hall–Kier alpha value is -3.66. The summed E-state index contributed by atoms with van der Waals surface area (Å²) in [6.07, 6.45) is 8.98. The lowest BCUT2D eigenvalue weighted by Gasteiger charge is -2.30. The van der Waals surface area contributed by atoms with Crippen LogP contribution in [0.15, 0.2) is 49.1 Å². The van der Waals surface area contributed by atoms with Gasteiger partial charge in [0.25, 0.3) is 0 Å². The maximum atomic E-state index is 9.16. The van der Waals surface area contributed by atoms with Crippen LogP contribution in [0.2, 0.25) is 0 Å². The summed E-state index contributed by atoms with van der Waals surface area (Å²) >= 11 is 0. The lowest BCUT2D eigenvalue weighted by atomic mass is 9.85. The molecular formula is C22H20N6O. The fraction of sp³-hybridized carbons (Fsp3) is 0.273. The monoisotopic (exact) mass is 384 g/mol. The van der Waals surface area contributed by atoms with Gasteiger partial charge in [0.05, 0.1) is 35.4 Å². The van der Waals surface area contributed by atoms with Crippen molar-refractivity contribution < 1.29 is 4.74 Å². The molecule has 0 saturated heterocycles. The zero-order chi connectivity index (χ0) is 20.0. The van der Waals surface area contributed by atoms with E-state index in [2.05, 4.69) is 28.2 Å². The molecule has 7 heteroatoms. The van der Waals surface area contributed by atoms with Crippen LogP contribution in [-0.4, -0.2) is 24.5 Å². The fourth-order valence-electron chi connectivity index (χ4n) is 3.96. The molecule has 4 aromatic rings. The van der Waals surface area contributed by atoms with Crippen LogP contribution in [0.4, 0.5) is 0 Å². The first kappa shape index (κ1) is 17.4. The second-order valence-corrected chi connectivity index (χ2v) is 7.58. The highest BCUT2D eigenvalue weighted by molar-refractivity contribution is 5.81. The number of benzene rings is 1. The van der Waals surface area contributed by atoms with Crippen molar-refractivity contribution in [3.05, 3.63) is 65.9 Å². The molecule has 0 saturated carbocycles. The molecule has 1 aliphatic carbocycles. The molecule has 0 spiro atoms. The SMILES string of the molecule is C[C@@H]1CCc2cc(C#N)cnc2[C@H]1Oc1ccc2cnn(-c3cnn(C)c3)c2c1. The Morgan fingerprint density at radius 3 is 2.86 bits per heavy atom. The molecule has 0 fully saturated rings. The molecule has 3 heterocycles. The van der Waals surface area contributed by atoms with Crippen LogP contribution in [0.5, 0.6) is 5.75 Å². The predicted molar refractivity (Wildman–Crippen MR) is 108 cm³/mol. The lowest BCUT2D eigenvalue weighted by molar-refractivity contribution is 0.124. The Bertz CT molecular complexity index is 1250. The number of nitriles is 1.